The van der Waals surface area contributed by atoms with E-state index >= 15 is 0 Å². The second-order valence-corrected chi connectivity index (χ2v) is 11.9. The van der Waals surface area contributed by atoms with Crippen LogP contribution >= 0.6 is 0 Å². The minimum absolute atomic E-state index is 0.168. The van der Waals surface area contributed by atoms with E-state index < -0.39 is 8.32 Å². The third-order valence-electron chi connectivity index (χ3n) is 4.40. The quantitative estimate of drug-likeness (QED) is 0.644. The molecule has 1 rings (SSSR count). The van der Waals surface area contributed by atoms with Crippen molar-refractivity contribution in [3.8, 4) is 5.75 Å². The summed E-state index contributed by atoms with van der Waals surface area (Å²) in [5.74, 6) is 0.332. The summed E-state index contributed by atoms with van der Waals surface area (Å²) in [7, 11) is -0.430. The summed E-state index contributed by atoms with van der Waals surface area (Å²) in [6, 6.07) is 7.93. The molecule has 0 aliphatic heterocycles. The van der Waals surface area contributed by atoms with Gasteiger partial charge < -0.3 is 14.9 Å². The van der Waals surface area contributed by atoms with Gasteiger partial charge in [-0.25, -0.2) is 0 Å². The highest BCUT2D eigenvalue weighted by Crippen LogP contribution is 2.37. The molecule has 0 bridgehead atoms. The second-order valence-electron chi connectivity index (χ2n) is 7.17. The summed E-state index contributed by atoms with van der Waals surface area (Å²) in [4.78, 5) is 11.6. The van der Waals surface area contributed by atoms with Crippen LogP contribution in [0, 0.1) is 5.92 Å². The Morgan fingerprint density at radius 1 is 1.23 bits per heavy atom. The highest BCUT2D eigenvalue weighted by Gasteiger charge is 2.38. The predicted octanol–water partition coefficient (Wildman–Crippen LogP) is 3.36. The van der Waals surface area contributed by atoms with Crippen molar-refractivity contribution in [3.63, 3.8) is 0 Å². The average molecular weight is 324 g/mol. The number of hydrogen-bond donors (Lipinski definition) is 1. The molecule has 1 aromatic rings. The Hall–Kier alpha value is -1.33. The van der Waals surface area contributed by atoms with Crippen LogP contribution in [0.25, 0.3) is 0 Å². The minimum Gasteiger partial charge on any atom is -0.544 e. The highest BCUT2D eigenvalue weighted by atomic mass is 28.4. The Kier molecular flexibility index (Phi) is 6.20. The second kappa shape index (κ2) is 7.29. The average Bonchev–Trinajstić information content (AvgIpc) is 2.44. The molecule has 0 aliphatic carbocycles. The molecule has 2 N–H and O–H groups in total. The van der Waals surface area contributed by atoms with E-state index in [9.17, 15) is 4.79 Å². The third-order valence-corrected chi connectivity index (χ3v) is 8.76. The van der Waals surface area contributed by atoms with Crippen molar-refractivity contribution in [1.82, 2.24) is 0 Å². The van der Waals surface area contributed by atoms with Crippen molar-refractivity contribution in [1.29, 1.82) is 0 Å². The monoisotopic (exact) mass is 323 g/mol. The normalized spacial score (nSPS) is 13.6. The van der Waals surface area contributed by atoms with Crippen molar-refractivity contribution in [2.45, 2.75) is 45.3 Å². The van der Waals surface area contributed by atoms with Crippen LogP contribution in [0.3, 0.4) is 0 Å². The van der Waals surface area contributed by atoms with Crippen LogP contribution in [0.1, 0.15) is 26.3 Å². The van der Waals surface area contributed by atoms with Gasteiger partial charge in [0.15, 0.2) is 0 Å². The van der Waals surface area contributed by atoms with Gasteiger partial charge in [-0.15, -0.1) is 0 Å². The smallest absolute Gasteiger partial charge is 0.310 e. The first-order valence-corrected chi connectivity index (χ1v) is 10.6. The van der Waals surface area contributed by atoms with Crippen LogP contribution < -0.4 is 10.2 Å². The minimum atomic E-state index is -1.82. The molecule has 1 aromatic carbocycles. The SMILES string of the molecule is COC(=O)C(CN)Cc1ccc(O[Si](C)(C)C(C)(C)C)cc1. The van der Waals surface area contributed by atoms with E-state index in [4.69, 9.17) is 14.9 Å². The Morgan fingerprint density at radius 2 is 1.77 bits per heavy atom. The molecule has 0 amide bonds. The Labute approximate surface area is 135 Å². The largest absolute Gasteiger partial charge is 0.544 e. The lowest BCUT2D eigenvalue weighted by Gasteiger charge is -2.36. The van der Waals surface area contributed by atoms with Gasteiger partial charge in [0.2, 0.25) is 8.32 Å². The molecule has 0 saturated heterocycles. The highest BCUT2D eigenvalue weighted by molar-refractivity contribution is 6.74. The molecule has 0 saturated carbocycles. The summed E-state index contributed by atoms with van der Waals surface area (Å²) in [5.41, 5.74) is 6.70. The van der Waals surface area contributed by atoms with Crippen molar-refractivity contribution >= 4 is 14.3 Å². The zero-order valence-corrected chi connectivity index (χ0v) is 15.6. The molecular formula is C17H29NO3Si. The summed E-state index contributed by atoms with van der Waals surface area (Å²) >= 11 is 0. The number of benzene rings is 1. The van der Waals surface area contributed by atoms with Gasteiger partial charge in [-0.1, -0.05) is 32.9 Å². The van der Waals surface area contributed by atoms with Crippen LogP contribution in [0.2, 0.25) is 18.1 Å². The van der Waals surface area contributed by atoms with Gasteiger partial charge in [-0.05, 0) is 42.2 Å². The van der Waals surface area contributed by atoms with E-state index in [1.165, 1.54) is 7.11 Å². The molecule has 1 unspecified atom stereocenters. The molecule has 0 radical (unpaired) electrons. The van der Waals surface area contributed by atoms with E-state index in [0.29, 0.717) is 6.42 Å². The Morgan fingerprint density at radius 3 is 2.18 bits per heavy atom. The molecule has 124 valence electrons. The fourth-order valence-electron chi connectivity index (χ4n) is 1.86. The topological polar surface area (TPSA) is 61.5 Å². The van der Waals surface area contributed by atoms with Crippen molar-refractivity contribution in [2.75, 3.05) is 13.7 Å². The fourth-order valence-corrected chi connectivity index (χ4v) is 2.89. The number of carbonyl (C=O) groups is 1. The number of nitrogens with two attached hydrogens (primary N) is 1. The molecule has 0 heterocycles. The maximum atomic E-state index is 11.6. The molecule has 1 atom stereocenters. The molecule has 0 aromatic heterocycles. The standard InChI is InChI=1S/C17H29NO3Si/c1-17(2,3)22(5,6)21-15-9-7-13(8-10-15)11-14(12-18)16(19)20-4/h7-10,14H,11-12,18H2,1-6H3. The van der Waals surface area contributed by atoms with Gasteiger partial charge in [-0.3, -0.25) is 4.79 Å². The zero-order chi connectivity index (χ0) is 17.0. The van der Waals surface area contributed by atoms with E-state index in [1.54, 1.807) is 0 Å². The first-order chi connectivity index (χ1) is 10.1. The van der Waals surface area contributed by atoms with Gasteiger partial charge >= 0.3 is 5.97 Å². The maximum Gasteiger partial charge on any atom is 0.310 e. The first kappa shape index (κ1) is 18.7. The molecule has 0 aliphatic rings. The van der Waals surface area contributed by atoms with Crippen LogP contribution in [-0.2, 0) is 16.0 Å². The number of ether oxygens (including phenoxy) is 1. The van der Waals surface area contributed by atoms with E-state index in [0.717, 1.165) is 11.3 Å². The molecule has 0 spiro atoms. The van der Waals surface area contributed by atoms with Crippen molar-refractivity contribution in [2.24, 2.45) is 11.7 Å². The van der Waals surface area contributed by atoms with Crippen LogP contribution in [0.15, 0.2) is 24.3 Å². The van der Waals surface area contributed by atoms with Crippen LogP contribution in [0.4, 0.5) is 0 Å². The Balaban J connectivity index is 2.77. The van der Waals surface area contributed by atoms with Gasteiger partial charge in [0.05, 0.1) is 13.0 Å². The van der Waals surface area contributed by atoms with Gasteiger partial charge in [0.1, 0.15) is 5.75 Å². The van der Waals surface area contributed by atoms with Crippen molar-refractivity contribution in [3.05, 3.63) is 29.8 Å². The number of carbonyl (C=O) groups excluding carboxylic acids is 1. The maximum absolute atomic E-state index is 11.6. The van der Waals surface area contributed by atoms with Crippen LogP contribution in [-0.4, -0.2) is 27.9 Å². The van der Waals surface area contributed by atoms with E-state index in [-0.39, 0.29) is 23.5 Å². The third kappa shape index (κ3) is 4.85. The molecule has 22 heavy (non-hydrogen) atoms. The molecule has 4 nitrogen and oxygen atoms in total. The predicted molar refractivity (Wildman–Crippen MR) is 92.5 cm³/mol. The first-order valence-electron chi connectivity index (χ1n) is 7.66. The van der Waals surface area contributed by atoms with Gasteiger partial charge in [-0.2, -0.15) is 0 Å². The lowest BCUT2D eigenvalue weighted by Crippen LogP contribution is -2.43. The Bertz CT molecular complexity index is 492. The van der Waals surface area contributed by atoms with E-state index in [2.05, 4.69) is 33.9 Å². The number of methoxy groups -OCH3 is 1. The summed E-state index contributed by atoms with van der Waals surface area (Å²) < 4.78 is 11.0. The van der Waals surface area contributed by atoms with E-state index in [1.807, 2.05) is 24.3 Å². The lowest BCUT2D eigenvalue weighted by atomic mass is 9.99. The molecule has 0 fully saturated rings. The summed E-state index contributed by atoms with van der Waals surface area (Å²) in [6.45, 7) is 11.4. The number of esters is 1. The molecule has 5 heteroatoms. The summed E-state index contributed by atoms with van der Waals surface area (Å²) in [5, 5.41) is 0.168. The number of hydrogen-bond acceptors (Lipinski definition) is 4. The lowest BCUT2D eigenvalue weighted by molar-refractivity contribution is -0.145. The zero-order valence-electron chi connectivity index (χ0n) is 14.6. The molecular weight excluding hydrogens is 294 g/mol. The fraction of sp³-hybridized carbons (Fsp3) is 0.588. The summed E-state index contributed by atoms with van der Waals surface area (Å²) in [6.07, 6.45) is 0.587. The van der Waals surface area contributed by atoms with Gasteiger partial charge in [0, 0.05) is 6.54 Å². The van der Waals surface area contributed by atoms with Crippen molar-refractivity contribution < 1.29 is 14.0 Å². The van der Waals surface area contributed by atoms with Gasteiger partial charge in [0.25, 0.3) is 0 Å². The number of rotatable bonds is 6. The van der Waals surface area contributed by atoms with Crippen LogP contribution in [0.5, 0.6) is 5.75 Å².